The summed E-state index contributed by atoms with van der Waals surface area (Å²) in [6.07, 6.45) is 2.26. The number of fused-ring (bicyclic) bond motifs is 2. The molecule has 1 aliphatic rings. The first-order chi connectivity index (χ1) is 10.7. The molecule has 3 rings (SSSR count). The fourth-order valence-corrected chi connectivity index (χ4v) is 3.77. The van der Waals surface area contributed by atoms with E-state index in [0.717, 1.165) is 43.1 Å². The Morgan fingerprint density at radius 1 is 1.14 bits per heavy atom. The van der Waals surface area contributed by atoms with Crippen molar-refractivity contribution in [2.24, 2.45) is 4.99 Å². The fraction of sp³-hybridized carbons (Fsp3) is 0.389. The summed E-state index contributed by atoms with van der Waals surface area (Å²) in [7, 11) is 0. The van der Waals surface area contributed by atoms with Crippen LogP contribution in [0.2, 0.25) is 0 Å². The van der Waals surface area contributed by atoms with Gasteiger partial charge in [0, 0.05) is 18.0 Å². The van der Waals surface area contributed by atoms with Crippen molar-refractivity contribution in [2.45, 2.75) is 33.6 Å². The SMILES string of the molecule is CCCN(CCC)C1=Nc2ccccc2Nc2sc(C)cc21. The van der Waals surface area contributed by atoms with Gasteiger partial charge in [0.05, 0.1) is 16.9 Å². The van der Waals surface area contributed by atoms with E-state index in [2.05, 4.69) is 61.3 Å². The molecule has 116 valence electrons. The lowest BCUT2D eigenvalue weighted by Gasteiger charge is -2.25. The fourth-order valence-electron chi connectivity index (χ4n) is 2.85. The number of amidine groups is 1. The lowest BCUT2D eigenvalue weighted by molar-refractivity contribution is 0.418. The van der Waals surface area contributed by atoms with Crippen LogP contribution in [-0.2, 0) is 0 Å². The summed E-state index contributed by atoms with van der Waals surface area (Å²) >= 11 is 1.81. The van der Waals surface area contributed by atoms with Crippen LogP contribution >= 0.6 is 11.3 Å². The first-order valence-corrected chi connectivity index (χ1v) is 8.85. The molecule has 3 nitrogen and oxygen atoms in total. The average molecular weight is 313 g/mol. The summed E-state index contributed by atoms with van der Waals surface area (Å²) in [5, 5.41) is 4.78. The van der Waals surface area contributed by atoms with E-state index in [9.17, 15) is 0 Å². The van der Waals surface area contributed by atoms with Gasteiger partial charge in [-0.15, -0.1) is 11.3 Å². The highest BCUT2D eigenvalue weighted by molar-refractivity contribution is 7.16. The van der Waals surface area contributed by atoms with Crippen LogP contribution in [0.25, 0.3) is 0 Å². The summed E-state index contributed by atoms with van der Waals surface area (Å²) in [4.78, 5) is 8.76. The number of aliphatic imine (C=N–C) groups is 1. The second-order valence-corrected chi connectivity index (χ2v) is 6.92. The van der Waals surface area contributed by atoms with Crippen LogP contribution in [0.1, 0.15) is 37.1 Å². The Hall–Kier alpha value is -1.81. The lowest BCUT2D eigenvalue weighted by Crippen LogP contribution is -2.33. The van der Waals surface area contributed by atoms with Gasteiger partial charge >= 0.3 is 0 Å². The minimum Gasteiger partial charge on any atom is -0.356 e. The molecule has 0 atom stereocenters. The van der Waals surface area contributed by atoms with Crippen molar-refractivity contribution >= 4 is 33.5 Å². The number of hydrogen-bond donors (Lipinski definition) is 1. The van der Waals surface area contributed by atoms with Crippen molar-refractivity contribution in [2.75, 3.05) is 18.4 Å². The van der Waals surface area contributed by atoms with Crippen molar-refractivity contribution in [3.8, 4) is 0 Å². The van der Waals surface area contributed by atoms with Gasteiger partial charge in [0.25, 0.3) is 0 Å². The Kier molecular flexibility index (Phi) is 4.48. The minimum absolute atomic E-state index is 1.02. The van der Waals surface area contributed by atoms with Crippen molar-refractivity contribution in [3.05, 3.63) is 40.8 Å². The van der Waals surface area contributed by atoms with Crippen molar-refractivity contribution in [1.29, 1.82) is 0 Å². The highest BCUT2D eigenvalue weighted by Crippen LogP contribution is 2.39. The third-order valence-corrected chi connectivity index (χ3v) is 4.73. The first kappa shape index (κ1) is 15.1. The Bertz CT molecular complexity index is 681. The number of aryl methyl sites for hydroxylation is 1. The summed E-state index contributed by atoms with van der Waals surface area (Å²) in [5.74, 6) is 1.11. The van der Waals surface area contributed by atoms with E-state index < -0.39 is 0 Å². The first-order valence-electron chi connectivity index (χ1n) is 8.03. The molecule has 0 amide bonds. The molecule has 0 radical (unpaired) electrons. The van der Waals surface area contributed by atoms with Gasteiger partial charge in [0.15, 0.2) is 0 Å². The van der Waals surface area contributed by atoms with Crippen molar-refractivity contribution in [3.63, 3.8) is 0 Å². The quantitative estimate of drug-likeness (QED) is 0.828. The van der Waals surface area contributed by atoms with E-state index in [1.165, 1.54) is 15.4 Å². The largest absolute Gasteiger partial charge is 0.356 e. The molecule has 22 heavy (non-hydrogen) atoms. The highest BCUT2D eigenvalue weighted by atomic mass is 32.1. The molecule has 1 N–H and O–H groups in total. The second kappa shape index (κ2) is 6.53. The van der Waals surface area contributed by atoms with Crippen LogP contribution in [-0.4, -0.2) is 23.8 Å². The number of anilines is 2. The van der Waals surface area contributed by atoms with E-state index in [1.54, 1.807) is 11.3 Å². The molecule has 0 saturated heterocycles. The van der Waals surface area contributed by atoms with Crippen LogP contribution in [0.15, 0.2) is 35.3 Å². The number of nitrogens with one attached hydrogen (secondary N) is 1. The van der Waals surface area contributed by atoms with E-state index in [4.69, 9.17) is 4.99 Å². The summed E-state index contributed by atoms with van der Waals surface area (Å²) in [6, 6.07) is 10.6. The Labute approximate surface area is 136 Å². The van der Waals surface area contributed by atoms with Crippen LogP contribution in [0.4, 0.5) is 16.4 Å². The van der Waals surface area contributed by atoms with Crippen LogP contribution in [0.3, 0.4) is 0 Å². The molecule has 0 saturated carbocycles. The predicted octanol–water partition coefficient (Wildman–Crippen LogP) is 5.31. The number of hydrogen-bond acceptors (Lipinski definition) is 4. The average Bonchev–Trinajstić information content (AvgIpc) is 2.79. The van der Waals surface area contributed by atoms with E-state index >= 15 is 0 Å². The minimum atomic E-state index is 1.02. The van der Waals surface area contributed by atoms with E-state index in [-0.39, 0.29) is 0 Å². The molecular formula is C18H23N3S. The number of para-hydroxylation sites is 2. The maximum Gasteiger partial charge on any atom is 0.139 e. The summed E-state index contributed by atoms with van der Waals surface area (Å²) in [6.45, 7) is 8.71. The normalized spacial score (nSPS) is 12.8. The van der Waals surface area contributed by atoms with Crippen LogP contribution in [0.5, 0.6) is 0 Å². The van der Waals surface area contributed by atoms with E-state index in [1.807, 2.05) is 0 Å². The topological polar surface area (TPSA) is 27.6 Å². The molecule has 1 aliphatic heterocycles. The zero-order valence-corrected chi connectivity index (χ0v) is 14.3. The van der Waals surface area contributed by atoms with Gasteiger partial charge in [-0.3, -0.25) is 0 Å². The Morgan fingerprint density at radius 2 is 1.86 bits per heavy atom. The number of benzene rings is 1. The van der Waals surface area contributed by atoms with Crippen molar-refractivity contribution in [1.82, 2.24) is 4.90 Å². The molecule has 0 spiro atoms. The monoisotopic (exact) mass is 313 g/mol. The molecule has 2 heterocycles. The lowest BCUT2D eigenvalue weighted by atomic mass is 10.2. The highest BCUT2D eigenvalue weighted by Gasteiger charge is 2.22. The maximum atomic E-state index is 5.02. The van der Waals surface area contributed by atoms with Gasteiger partial charge in [-0.25, -0.2) is 4.99 Å². The van der Waals surface area contributed by atoms with Gasteiger partial charge < -0.3 is 10.2 Å². The number of rotatable bonds is 4. The molecular weight excluding hydrogens is 290 g/mol. The summed E-state index contributed by atoms with van der Waals surface area (Å²) < 4.78 is 0. The zero-order chi connectivity index (χ0) is 15.5. The molecule has 1 aromatic heterocycles. The molecule has 0 bridgehead atoms. The standard InChI is InChI=1S/C18H23N3S/c1-4-10-21(11-5-2)17-14-12-13(3)22-18(14)20-16-9-7-6-8-15(16)19-17/h6-9,12,20H,4-5,10-11H2,1-3H3. The van der Waals surface area contributed by atoms with Gasteiger partial charge in [-0.1, -0.05) is 26.0 Å². The third kappa shape index (κ3) is 2.88. The molecule has 1 aromatic carbocycles. The Morgan fingerprint density at radius 3 is 2.59 bits per heavy atom. The molecule has 0 aliphatic carbocycles. The Balaban J connectivity index is 2.13. The molecule has 2 aromatic rings. The van der Waals surface area contributed by atoms with Gasteiger partial charge in [-0.05, 0) is 38.0 Å². The van der Waals surface area contributed by atoms with Crippen LogP contribution < -0.4 is 5.32 Å². The third-order valence-electron chi connectivity index (χ3n) is 3.76. The number of thiophene rings is 1. The number of nitrogens with zero attached hydrogens (tertiary/aromatic N) is 2. The van der Waals surface area contributed by atoms with Gasteiger partial charge in [0.2, 0.25) is 0 Å². The van der Waals surface area contributed by atoms with Gasteiger partial charge in [-0.2, -0.15) is 0 Å². The smallest absolute Gasteiger partial charge is 0.139 e. The van der Waals surface area contributed by atoms with Crippen molar-refractivity contribution < 1.29 is 0 Å². The molecule has 0 unspecified atom stereocenters. The molecule has 4 heteroatoms. The van der Waals surface area contributed by atoms with E-state index in [0.29, 0.717) is 0 Å². The van der Waals surface area contributed by atoms with Crippen LogP contribution in [0, 0.1) is 6.92 Å². The predicted molar refractivity (Wildman–Crippen MR) is 97.1 cm³/mol. The van der Waals surface area contributed by atoms with Gasteiger partial charge in [0.1, 0.15) is 10.8 Å². The second-order valence-electron chi connectivity index (χ2n) is 5.66. The summed E-state index contributed by atoms with van der Waals surface area (Å²) in [5.41, 5.74) is 3.35. The maximum absolute atomic E-state index is 5.02. The zero-order valence-electron chi connectivity index (χ0n) is 13.5. The molecule has 0 fully saturated rings.